The molecule has 0 aliphatic heterocycles. The molecule has 0 aromatic carbocycles. The highest BCUT2D eigenvalue weighted by molar-refractivity contribution is 5.59. The van der Waals surface area contributed by atoms with Crippen LogP contribution in [0.3, 0.4) is 0 Å². The van der Waals surface area contributed by atoms with Crippen molar-refractivity contribution in [2.24, 2.45) is 0 Å². The second-order valence-corrected chi connectivity index (χ2v) is 3.04. The molecule has 5 nitrogen and oxygen atoms in total. The minimum Gasteiger partial charge on any atom is -0.435 e. The van der Waals surface area contributed by atoms with Crippen molar-refractivity contribution < 1.29 is 24.1 Å². The number of hydrogen-bond acceptors (Lipinski definition) is 5. The number of carbonyl (C=O) groups is 1. The quantitative estimate of drug-likeness (QED) is 0.564. The van der Waals surface area contributed by atoms with Gasteiger partial charge >= 0.3 is 6.16 Å². The van der Waals surface area contributed by atoms with Gasteiger partial charge in [0.15, 0.2) is 0 Å². The Morgan fingerprint density at radius 2 is 1.69 bits per heavy atom. The molecule has 0 bridgehead atoms. The first-order valence-electron chi connectivity index (χ1n) is 5.63. The van der Waals surface area contributed by atoms with E-state index in [0.717, 1.165) is 13.0 Å². The molecule has 0 saturated heterocycles. The van der Waals surface area contributed by atoms with Gasteiger partial charge in [-0.05, 0) is 27.2 Å². The Morgan fingerprint density at radius 3 is 2.00 bits per heavy atom. The van der Waals surface area contributed by atoms with Gasteiger partial charge in [-0.1, -0.05) is 6.92 Å². The maximum absolute atomic E-state index is 10.2. The molecule has 0 spiro atoms. The van der Waals surface area contributed by atoms with E-state index >= 15 is 0 Å². The molecule has 0 fully saturated rings. The molecule has 0 aromatic heterocycles. The number of rotatable bonds is 6. The van der Waals surface area contributed by atoms with Crippen LogP contribution >= 0.6 is 0 Å². The first-order valence-corrected chi connectivity index (χ1v) is 5.63. The largest absolute Gasteiger partial charge is 0.508 e. The van der Waals surface area contributed by atoms with Gasteiger partial charge in [0.05, 0.1) is 25.9 Å². The molecule has 16 heavy (non-hydrogen) atoms. The van der Waals surface area contributed by atoms with Crippen LogP contribution in [-0.2, 0) is 14.2 Å². The van der Waals surface area contributed by atoms with E-state index in [1.165, 1.54) is 0 Å². The van der Waals surface area contributed by atoms with Crippen LogP contribution in [0, 0.1) is 0 Å². The number of aliphatic hydroxyl groups is 1. The van der Waals surface area contributed by atoms with Crippen molar-refractivity contribution in [3.63, 3.8) is 0 Å². The summed E-state index contributed by atoms with van der Waals surface area (Å²) in [5.41, 5.74) is 0. The predicted molar refractivity (Wildman–Crippen MR) is 61.4 cm³/mol. The van der Waals surface area contributed by atoms with Crippen LogP contribution in [0.25, 0.3) is 0 Å². The molecule has 1 atom stereocenters. The van der Waals surface area contributed by atoms with Crippen LogP contribution in [-0.4, -0.2) is 43.8 Å². The Hall–Kier alpha value is -0.810. The molecule has 0 aliphatic carbocycles. The lowest BCUT2D eigenvalue weighted by Crippen LogP contribution is -2.10. The standard InChI is InChI=1S/C6H14O2.C5H10O3/c1-3-4-8-5-6(2)7;1-3-7-5(6)8-4-2/h6-7H,3-5H2,1-2H3;3-4H2,1-2H3. The molecule has 5 heteroatoms. The van der Waals surface area contributed by atoms with Gasteiger partial charge in [-0.2, -0.15) is 0 Å². The fraction of sp³-hybridized carbons (Fsp3) is 0.909. The monoisotopic (exact) mass is 236 g/mol. The highest BCUT2D eigenvalue weighted by atomic mass is 16.7. The van der Waals surface area contributed by atoms with Gasteiger partial charge in [-0.3, -0.25) is 0 Å². The van der Waals surface area contributed by atoms with E-state index in [2.05, 4.69) is 9.47 Å². The molecule has 1 N–H and O–H groups in total. The van der Waals surface area contributed by atoms with Crippen molar-refractivity contribution in [2.75, 3.05) is 26.4 Å². The Labute approximate surface area is 97.7 Å². The smallest absolute Gasteiger partial charge is 0.435 e. The van der Waals surface area contributed by atoms with Gasteiger partial charge in [0.2, 0.25) is 0 Å². The number of ether oxygens (including phenoxy) is 3. The predicted octanol–water partition coefficient (Wildman–Crippen LogP) is 1.97. The zero-order chi connectivity index (χ0) is 12.8. The molecule has 0 radical (unpaired) electrons. The van der Waals surface area contributed by atoms with Crippen LogP contribution < -0.4 is 0 Å². The summed E-state index contributed by atoms with van der Waals surface area (Å²) in [5.74, 6) is 0. The van der Waals surface area contributed by atoms with Gasteiger partial charge in [0.25, 0.3) is 0 Å². The normalized spacial score (nSPS) is 11.1. The summed E-state index contributed by atoms with van der Waals surface area (Å²) in [6.45, 7) is 9.20. The average Bonchev–Trinajstić information content (AvgIpc) is 2.19. The maximum atomic E-state index is 10.2. The van der Waals surface area contributed by atoms with Gasteiger partial charge < -0.3 is 19.3 Å². The van der Waals surface area contributed by atoms with E-state index in [4.69, 9.17) is 9.84 Å². The minimum atomic E-state index is -0.588. The summed E-state index contributed by atoms with van der Waals surface area (Å²) in [4.78, 5) is 10.2. The molecule has 0 rings (SSSR count). The third-order valence-electron chi connectivity index (χ3n) is 1.23. The minimum absolute atomic E-state index is 0.318. The highest BCUT2D eigenvalue weighted by Gasteiger charge is 1.96. The van der Waals surface area contributed by atoms with Crippen molar-refractivity contribution in [3.8, 4) is 0 Å². The van der Waals surface area contributed by atoms with Crippen molar-refractivity contribution in [2.45, 2.75) is 40.2 Å². The Bertz CT molecular complexity index is 139. The van der Waals surface area contributed by atoms with Gasteiger partial charge in [-0.25, -0.2) is 4.79 Å². The summed E-state index contributed by atoms with van der Waals surface area (Å²) in [5, 5.41) is 8.65. The lowest BCUT2D eigenvalue weighted by molar-refractivity contribution is 0.0466. The maximum Gasteiger partial charge on any atom is 0.508 e. The summed E-state index contributed by atoms with van der Waals surface area (Å²) < 4.78 is 13.8. The fourth-order valence-corrected chi connectivity index (χ4v) is 0.676. The van der Waals surface area contributed by atoms with E-state index in [1.807, 2.05) is 6.92 Å². The average molecular weight is 236 g/mol. The van der Waals surface area contributed by atoms with Crippen molar-refractivity contribution in [1.29, 1.82) is 0 Å². The van der Waals surface area contributed by atoms with Gasteiger partial charge in [-0.15, -0.1) is 0 Å². The fourth-order valence-electron chi connectivity index (χ4n) is 0.676. The Morgan fingerprint density at radius 1 is 1.19 bits per heavy atom. The second-order valence-electron chi connectivity index (χ2n) is 3.04. The molecule has 0 aromatic rings. The molecule has 0 amide bonds. The zero-order valence-corrected chi connectivity index (χ0v) is 10.7. The highest BCUT2D eigenvalue weighted by Crippen LogP contribution is 1.84. The number of carbonyl (C=O) groups excluding carboxylic acids is 1. The topological polar surface area (TPSA) is 65.0 Å². The Kier molecular flexibility index (Phi) is 15.6. The third kappa shape index (κ3) is 18.9. The lowest BCUT2D eigenvalue weighted by atomic mass is 10.4. The van der Waals surface area contributed by atoms with Crippen LogP contribution in [0.2, 0.25) is 0 Å². The summed E-state index contributed by atoms with van der Waals surface area (Å²) >= 11 is 0. The van der Waals surface area contributed by atoms with Crippen molar-refractivity contribution >= 4 is 6.16 Å². The van der Waals surface area contributed by atoms with Crippen LogP contribution in [0.15, 0.2) is 0 Å². The SMILES string of the molecule is CCCOCC(C)O.CCOC(=O)OCC. The molecule has 0 aliphatic rings. The van der Waals surface area contributed by atoms with Crippen LogP contribution in [0.4, 0.5) is 4.79 Å². The van der Waals surface area contributed by atoms with Gasteiger partial charge in [0.1, 0.15) is 0 Å². The van der Waals surface area contributed by atoms with E-state index in [-0.39, 0.29) is 6.10 Å². The van der Waals surface area contributed by atoms with Gasteiger partial charge in [0, 0.05) is 6.61 Å². The molecular formula is C11H24O5. The first kappa shape index (κ1) is 17.6. The lowest BCUT2D eigenvalue weighted by Gasteiger charge is -2.02. The summed E-state index contributed by atoms with van der Waals surface area (Å²) in [6, 6.07) is 0. The number of hydrogen-bond donors (Lipinski definition) is 1. The van der Waals surface area contributed by atoms with Crippen LogP contribution in [0.1, 0.15) is 34.1 Å². The third-order valence-corrected chi connectivity index (χ3v) is 1.23. The number of aliphatic hydroxyl groups excluding tert-OH is 1. The van der Waals surface area contributed by atoms with E-state index in [1.54, 1.807) is 20.8 Å². The van der Waals surface area contributed by atoms with Crippen molar-refractivity contribution in [3.05, 3.63) is 0 Å². The molecule has 1 unspecified atom stereocenters. The Balaban J connectivity index is 0. The molecular weight excluding hydrogens is 212 g/mol. The van der Waals surface area contributed by atoms with E-state index < -0.39 is 6.16 Å². The first-order chi connectivity index (χ1) is 7.58. The van der Waals surface area contributed by atoms with E-state index in [9.17, 15) is 4.79 Å². The molecule has 0 saturated carbocycles. The summed E-state index contributed by atoms with van der Waals surface area (Å²) in [7, 11) is 0. The van der Waals surface area contributed by atoms with Crippen molar-refractivity contribution in [1.82, 2.24) is 0 Å². The van der Waals surface area contributed by atoms with E-state index in [0.29, 0.717) is 19.8 Å². The molecule has 98 valence electrons. The summed E-state index contributed by atoms with van der Waals surface area (Å²) in [6.07, 6.45) is 0.115. The zero-order valence-electron chi connectivity index (χ0n) is 10.7. The molecule has 0 heterocycles. The second kappa shape index (κ2) is 14.2. The van der Waals surface area contributed by atoms with Crippen LogP contribution in [0.5, 0.6) is 0 Å².